The number of aryl methyl sites for hydroxylation is 2. The highest BCUT2D eigenvalue weighted by atomic mass is 19.4. The lowest BCUT2D eigenvalue weighted by molar-refractivity contribution is -0.186. The lowest BCUT2D eigenvalue weighted by Crippen LogP contribution is -2.50. The molecule has 0 saturated carbocycles. The number of halogens is 3. The Hall–Kier alpha value is -2.51. The van der Waals surface area contributed by atoms with E-state index in [1.54, 1.807) is 0 Å². The van der Waals surface area contributed by atoms with Gasteiger partial charge in [0.1, 0.15) is 6.04 Å². The van der Waals surface area contributed by atoms with Crippen LogP contribution >= 0.6 is 0 Å². The van der Waals surface area contributed by atoms with Gasteiger partial charge in [-0.1, -0.05) is 6.07 Å². The molecule has 3 rings (SSSR count). The number of amides is 2. The molecule has 2 heterocycles. The van der Waals surface area contributed by atoms with E-state index in [0.717, 1.165) is 22.2 Å². The van der Waals surface area contributed by atoms with E-state index in [4.69, 9.17) is 0 Å². The fraction of sp³-hybridized carbons (Fsp3) is 0.444. The van der Waals surface area contributed by atoms with Crippen molar-refractivity contribution in [1.82, 2.24) is 14.8 Å². The van der Waals surface area contributed by atoms with Crippen LogP contribution in [0, 0.1) is 6.92 Å². The van der Waals surface area contributed by atoms with Crippen molar-refractivity contribution in [2.45, 2.75) is 38.5 Å². The molecule has 1 saturated heterocycles. The van der Waals surface area contributed by atoms with Gasteiger partial charge >= 0.3 is 12.1 Å². The first-order valence-electron chi connectivity index (χ1n) is 8.39. The molecule has 5 nitrogen and oxygen atoms in total. The highest BCUT2D eigenvalue weighted by Crippen LogP contribution is 2.26. The maximum Gasteiger partial charge on any atom is 0.471 e. The molecule has 2 amide bonds. The second kappa shape index (κ2) is 6.66. The van der Waals surface area contributed by atoms with Gasteiger partial charge in [0.2, 0.25) is 5.91 Å². The number of benzene rings is 1. The average Bonchev–Trinajstić information content (AvgIpc) is 3.16. The zero-order chi connectivity index (χ0) is 19.1. The van der Waals surface area contributed by atoms with E-state index in [2.05, 4.69) is 9.88 Å². The smallest absolute Gasteiger partial charge is 0.350 e. The number of nitrogens with one attached hydrogen (secondary N) is 1. The molecule has 1 unspecified atom stereocenters. The number of aromatic nitrogens is 1. The zero-order valence-electron chi connectivity index (χ0n) is 14.6. The first kappa shape index (κ1) is 18.3. The molecule has 1 atom stereocenters. The molecule has 1 aromatic carbocycles. The maximum atomic E-state index is 12.6. The number of hydrogen-bond acceptors (Lipinski definition) is 2. The van der Waals surface area contributed by atoms with Crippen molar-refractivity contribution in [2.75, 3.05) is 6.54 Å². The van der Waals surface area contributed by atoms with Crippen LogP contribution in [0.4, 0.5) is 13.2 Å². The number of carbonyl (C=O) groups is 2. The van der Waals surface area contributed by atoms with Crippen molar-refractivity contribution < 1.29 is 22.8 Å². The van der Waals surface area contributed by atoms with E-state index >= 15 is 0 Å². The number of likely N-dealkylation sites (tertiary alicyclic amines) is 1. The van der Waals surface area contributed by atoms with E-state index in [1.165, 1.54) is 0 Å². The first-order chi connectivity index (χ1) is 12.2. The Bertz CT molecular complexity index is 857. The number of nitrogens with zero attached hydrogens (tertiary/aromatic N) is 2. The van der Waals surface area contributed by atoms with E-state index in [0.29, 0.717) is 11.3 Å². The molecule has 1 aliphatic rings. The monoisotopic (exact) mass is 367 g/mol. The van der Waals surface area contributed by atoms with Crippen molar-refractivity contribution in [3.05, 3.63) is 35.5 Å². The van der Waals surface area contributed by atoms with Crippen LogP contribution in [-0.2, 0) is 23.2 Å². The SMILES string of the molecule is Cc1cc2cc(CNC(=O)C3CCCN3C(=O)C(F)(F)F)ccc2n1C. The van der Waals surface area contributed by atoms with Gasteiger partial charge in [-0.2, -0.15) is 13.2 Å². The third-order valence-corrected chi connectivity index (χ3v) is 4.87. The van der Waals surface area contributed by atoms with Crippen LogP contribution in [0.25, 0.3) is 10.9 Å². The molecule has 2 aromatic rings. The highest BCUT2D eigenvalue weighted by molar-refractivity contribution is 5.90. The van der Waals surface area contributed by atoms with Crippen LogP contribution in [0.1, 0.15) is 24.1 Å². The van der Waals surface area contributed by atoms with Gasteiger partial charge in [0, 0.05) is 36.7 Å². The summed E-state index contributed by atoms with van der Waals surface area (Å²) in [5.41, 5.74) is 3.02. The Labute approximate surface area is 148 Å². The predicted molar refractivity (Wildman–Crippen MR) is 90.3 cm³/mol. The lowest BCUT2D eigenvalue weighted by Gasteiger charge is -2.24. The van der Waals surface area contributed by atoms with Crippen molar-refractivity contribution in [2.24, 2.45) is 7.05 Å². The van der Waals surface area contributed by atoms with Crippen LogP contribution in [0.3, 0.4) is 0 Å². The van der Waals surface area contributed by atoms with Gasteiger partial charge in [0.15, 0.2) is 0 Å². The van der Waals surface area contributed by atoms with Crippen molar-refractivity contribution in [1.29, 1.82) is 0 Å². The Balaban J connectivity index is 1.67. The molecule has 1 fully saturated rings. The molecule has 1 N–H and O–H groups in total. The van der Waals surface area contributed by atoms with Gasteiger partial charge < -0.3 is 14.8 Å². The predicted octanol–water partition coefficient (Wildman–Crippen LogP) is 2.66. The molecule has 140 valence electrons. The van der Waals surface area contributed by atoms with E-state index in [-0.39, 0.29) is 19.5 Å². The number of alkyl halides is 3. The van der Waals surface area contributed by atoms with E-state index in [9.17, 15) is 22.8 Å². The fourth-order valence-electron chi connectivity index (χ4n) is 3.40. The van der Waals surface area contributed by atoms with Gasteiger partial charge in [-0.25, -0.2) is 0 Å². The van der Waals surface area contributed by atoms with Crippen LogP contribution in [0.2, 0.25) is 0 Å². The second-order valence-electron chi connectivity index (χ2n) is 6.61. The van der Waals surface area contributed by atoms with Gasteiger partial charge in [-0.05, 0) is 43.5 Å². The summed E-state index contributed by atoms with van der Waals surface area (Å²) in [5.74, 6) is -2.50. The number of fused-ring (bicyclic) bond motifs is 1. The Morgan fingerprint density at radius 1 is 1.27 bits per heavy atom. The van der Waals surface area contributed by atoms with E-state index in [1.807, 2.05) is 38.2 Å². The summed E-state index contributed by atoms with van der Waals surface area (Å²) in [6.07, 6.45) is -4.33. The number of hydrogen-bond donors (Lipinski definition) is 1. The number of rotatable bonds is 3. The normalized spacial score (nSPS) is 17.7. The van der Waals surface area contributed by atoms with Gasteiger partial charge in [-0.15, -0.1) is 0 Å². The van der Waals surface area contributed by atoms with Crippen LogP contribution < -0.4 is 5.32 Å². The third kappa shape index (κ3) is 3.40. The summed E-state index contributed by atoms with van der Waals surface area (Å²) in [6.45, 7) is 2.15. The summed E-state index contributed by atoms with van der Waals surface area (Å²) in [4.78, 5) is 24.4. The summed E-state index contributed by atoms with van der Waals surface area (Å²) in [6, 6.07) is 6.72. The first-order valence-corrected chi connectivity index (χ1v) is 8.39. The molecule has 1 aromatic heterocycles. The molecule has 1 aliphatic heterocycles. The third-order valence-electron chi connectivity index (χ3n) is 4.87. The standard InChI is InChI=1S/C18H20F3N3O2/c1-11-8-13-9-12(5-6-14(13)23(11)2)10-22-16(25)15-4-3-7-24(15)17(26)18(19,20)21/h5-6,8-9,15H,3-4,7,10H2,1-2H3,(H,22,25). The summed E-state index contributed by atoms with van der Waals surface area (Å²) in [7, 11) is 1.96. The van der Waals surface area contributed by atoms with Crippen molar-refractivity contribution in [3.63, 3.8) is 0 Å². The minimum absolute atomic E-state index is 0.0499. The molecule has 0 radical (unpaired) electrons. The maximum absolute atomic E-state index is 12.6. The Morgan fingerprint density at radius 3 is 2.69 bits per heavy atom. The summed E-state index contributed by atoms with van der Waals surface area (Å²) < 4.78 is 40.0. The topological polar surface area (TPSA) is 54.3 Å². The molecular formula is C18H20F3N3O2. The van der Waals surface area contributed by atoms with Gasteiger partial charge in [-0.3, -0.25) is 9.59 Å². The Morgan fingerprint density at radius 2 is 2.00 bits per heavy atom. The Kier molecular flexibility index (Phi) is 4.68. The molecule has 0 bridgehead atoms. The highest BCUT2D eigenvalue weighted by Gasteiger charge is 2.47. The molecule has 8 heteroatoms. The fourth-order valence-corrected chi connectivity index (χ4v) is 3.40. The van der Waals surface area contributed by atoms with Crippen molar-refractivity contribution >= 4 is 22.7 Å². The average molecular weight is 367 g/mol. The van der Waals surface area contributed by atoms with Crippen LogP contribution in [-0.4, -0.2) is 40.0 Å². The van der Waals surface area contributed by atoms with Crippen LogP contribution in [0.15, 0.2) is 24.3 Å². The molecule has 0 spiro atoms. The lowest BCUT2D eigenvalue weighted by atomic mass is 10.1. The summed E-state index contributed by atoms with van der Waals surface area (Å²) >= 11 is 0. The largest absolute Gasteiger partial charge is 0.471 e. The minimum Gasteiger partial charge on any atom is -0.350 e. The van der Waals surface area contributed by atoms with Crippen LogP contribution in [0.5, 0.6) is 0 Å². The number of carbonyl (C=O) groups excluding carboxylic acids is 2. The second-order valence-corrected chi connectivity index (χ2v) is 6.61. The summed E-state index contributed by atoms with van der Waals surface area (Å²) in [5, 5.41) is 3.69. The zero-order valence-corrected chi connectivity index (χ0v) is 14.6. The van der Waals surface area contributed by atoms with E-state index < -0.39 is 24.0 Å². The minimum atomic E-state index is -4.96. The van der Waals surface area contributed by atoms with Gasteiger partial charge in [0.25, 0.3) is 0 Å². The molecular weight excluding hydrogens is 347 g/mol. The van der Waals surface area contributed by atoms with Gasteiger partial charge in [0.05, 0.1) is 0 Å². The quantitative estimate of drug-likeness (QED) is 0.907. The molecule has 0 aliphatic carbocycles. The van der Waals surface area contributed by atoms with Crippen molar-refractivity contribution in [3.8, 4) is 0 Å². The molecule has 26 heavy (non-hydrogen) atoms.